The SMILES string of the molecule is COc1ccc2c(c1)c(C(=O)Oc1c(C)cc(C(N)=O)cc1C)c1cc(O)ccc1[n+]2CCCS(=O)(=O)O. The van der Waals surface area contributed by atoms with Crippen molar-refractivity contribution in [1.29, 1.82) is 0 Å². The van der Waals surface area contributed by atoms with E-state index in [-0.39, 0.29) is 35.6 Å². The third kappa shape index (κ3) is 5.38. The van der Waals surface area contributed by atoms with E-state index in [1.807, 2.05) is 4.57 Å². The molecule has 0 saturated carbocycles. The van der Waals surface area contributed by atoms with Crippen molar-refractivity contribution in [3.63, 3.8) is 0 Å². The Hall–Kier alpha value is -4.22. The van der Waals surface area contributed by atoms with E-state index in [0.717, 1.165) is 0 Å². The summed E-state index contributed by atoms with van der Waals surface area (Å²) in [5.74, 6) is -1.10. The predicted octanol–water partition coefficient (Wildman–Crippen LogP) is 3.21. The number of nitrogens with zero attached hydrogens (tertiary/aromatic N) is 1. The van der Waals surface area contributed by atoms with Crippen LogP contribution in [-0.4, -0.2) is 42.8 Å². The van der Waals surface area contributed by atoms with E-state index < -0.39 is 27.7 Å². The van der Waals surface area contributed by atoms with Gasteiger partial charge in [-0.05, 0) is 61.4 Å². The standard InChI is InChI=1S/C27H26N2O8S/c1-15-11-17(26(28)31)12-16(2)25(15)37-27(32)24-20-13-18(30)5-7-22(20)29(9-4-10-38(33,34)35)23-8-6-19(36-3)14-21(23)24/h5-8,11-14H,4,9-10H2,1-3H3,(H3-,28,30,31,32,33,34,35)/p+1. The number of rotatable bonds is 8. The highest BCUT2D eigenvalue weighted by Gasteiger charge is 2.27. The lowest BCUT2D eigenvalue weighted by Gasteiger charge is -2.15. The smallest absolute Gasteiger partial charge is 0.345 e. The second kappa shape index (κ2) is 10.3. The lowest BCUT2D eigenvalue weighted by atomic mass is 10.0. The van der Waals surface area contributed by atoms with Crippen molar-refractivity contribution in [1.82, 2.24) is 0 Å². The van der Waals surface area contributed by atoms with E-state index >= 15 is 0 Å². The quantitative estimate of drug-likeness (QED) is 0.101. The van der Waals surface area contributed by atoms with Crippen LogP contribution in [0.15, 0.2) is 48.5 Å². The fourth-order valence-corrected chi connectivity index (χ4v) is 5.07. The van der Waals surface area contributed by atoms with Gasteiger partial charge in [-0.25, -0.2) is 4.79 Å². The first-order valence-corrected chi connectivity index (χ1v) is 13.2. The van der Waals surface area contributed by atoms with Crippen molar-refractivity contribution in [2.24, 2.45) is 5.73 Å². The Morgan fingerprint density at radius 3 is 2.16 bits per heavy atom. The number of pyridine rings is 1. The molecule has 11 heteroatoms. The van der Waals surface area contributed by atoms with Crippen LogP contribution in [-0.2, 0) is 16.7 Å². The molecule has 0 spiro atoms. The number of hydrogen-bond acceptors (Lipinski definition) is 7. The van der Waals surface area contributed by atoms with E-state index in [0.29, 0.717) is 38.7 Å². The summed E-state index contributed by atoms with van der Waals surface area (Å²) in [4.78, 5) is 25.4. The van der Waals surface area contributed by atoms with Gasteiger partial charge in [-0.2, -0.15) is 13.0 Å². The van der Waals surface area contributed by atoms with Crippen LogP contribution in [0.2, 0.25) is 0 Å². The Balaban J connectivity index is 1.94. The van der Waals surface area contributed by atoms with Gasteiger partial charge in [-0.1, -0.05) is 0 Å². The molecule has 3 aromatic carbocycles. The molecule has 38 heavy (non-hydrogen) atoms. The fourth-order valence-electron chi connectivity index (χ4n) is 4.58. The van der Waals surface area contributed by atoms with Crippen LogP contribution in [0, 0.1) is 13.8 Å². The number of nitrogens with two attached hydrogens (primary N) is 1. The molecule has 0 atom stereocenters. The summed E-state index contributed by atoms with van der Waals surface area (Å²) in [5, 5.41) is 11.1. The van der Waals surface area contributed by atoms with Gasteiger partial charge in [0.05, 0.1) is 29.2 Å². The maximum absolute atomic E-state index is 13.8. The number of methoxy groups -OCH3 is 1. The minimum atomic E-state index is -4.17. The Bertz CT molecular complexity index is 1690. The Labute approximate surface area is 219 Å². The number of ether oxygens (including phenoxy) is 2. The monoisotopic (exact) mass is 539 g/mol. The molecule has 198 valence electrons. The number of amides is 1. The second-order valence-corrected chi connectivity index (χ2v) is 10.5. The maximum atomic E-state index is 13.8. The molecule has 0 aliphatic heterocycles. The summed E-state index contributed by atoms with van der Waals surface area (Å²) in [5.41, 5.74) is 8.06. The third-order valence-corrected chi connectivity index (χ3v) is 7.04. The first kappa shape index (κ1) is 26.8. The fraction of sp³-hybridized carbons (Fsp3) is 0.222. The summed E-state index contributed by atoms with van der Waals surface area (Å²) in [7, 11) is -2.68. The zero-order valence-corrected chi connectivity index (χ0v) is 21.8. The average Bonchev–Trinajstić information content (AvgIpc) is 2.84. The molecule has 4 N–H and O–H groups in total. The average molecular weight is 540 g/mol. The van der Waals surface area contributed by atoms with Crippen LogP contribution in [0.5, 0.6) is 17.2 Å². The Morgan fingerprint density at radius 1 is 0.974 bits per heavy atom. The molecular formula is C27H27N2O8S+. The number of carbonyl (C=O) groups excluding carboxylic acids is 2. The van der Waals surface area contributed by atoms with Gasteiger partial charge in [0.25, 0.3) is 10.1 Å². The molecule has 0 unspecified atom stereocenters. The van der Waals surface area contributed by atoms with Crippen molar-refractivity contribution < 1.29 is 41.7 Å². The van der Waals surface area contributed by atoms with E-state index in [4.69, 9.17) is 15.2 Å². The lowest BCUT2D eigenvalue weighted by Crippen LogP contribution is -2.37. The number of phenols is 1. The van der Waals surface area contributed by atoms with Crippen molar-refractivity contribution >= 4 is 43.8 Å². The van der Waals surface area contributed by atoms with Crippen LogP contribution in [0.3, 0.4) is 0 Å². The van der Waals surface area contributed by atoms with Crippen LogP contribution < -0.4 is 19.8 Å². The minimum Gasteiger partial charge on any atom is -0.508 e. The number of aromatic hydroxyl groups is 1. The molecule has 1 amide bonds. The third-order valence-electron chi connectivity index (χ3n) is 6.23. The van der Waals surface area contributed by atoms with Crippen molar-refractivity contribution in [2.75, 3.05) is 12.9 Å². The van der Waals surface area contributed by atoms with Gasteiger partial charge in [-0.15, -0.1) is 0 Å². The van der Waals surface area contributed by atoms with E-state index in [9.17, 15) is 27.7 Å². The highest BCUT2D eigenvalue weighted by molar-refractivity contribution is 7.85. The Kier molecular flexibility index (Phi) is 7.25. The van der Waals surface area contributed by atoms with Gasteiger partial charge in [0.15, 0.2) is 6.54 Å². The van der Waals surface area contributed by atoms with Gasteiger partial charge >= 0.3 is 5.97 Å². The summed E-state index contributed by atoms with van der Waals surface area (Å²) >= 11 is 0. The number of fused-ring (bicyclic) bond motifs is 2. The van der Waals surface area contributed by atoms with Gasteiger partial charge in [0.2, 0.25) is 16.9 Å². The summed E-state index contributed by atoms with van der Waals surface area (Å²) < 4.78 is 44.9. The summed E-state index contributed by atoms with van der Waals surface area (Å²) in [6.07, 6.45) is 0.106. The number of aromatic nitrogens is 1. The van der Waals surface area contributed by atoms with Gasteiger partial charge in [-0.3, -0.25) is 9.35 Å². The normalized spacial score (nSPS) is 11.6. The number of esters is 1. The maximum Gasteiger partial charge on any atom is 0.345 e. The van der Waals surface area contributed by atoms with Crippen molar-refractivity contribution in [2.45, 2.75) is 26.8 Å². The minimum absolute atomic E-state index is 0.0866. The molecule has 1 aromatic heterocycles. The van der Waals surface area contributed by atoms with Crippen LogP contribution in [0.25, 0.3) is 21.8 Å². The van der Waals surface area contributed by atoms with E-state index in [2.05, 4.69) is 0 Å². The molecule has 0 saturated heterocycles. The van der Waals surface area contributed by atoms with Crippen molar-refractivity contribution in [3.8, 4) is 17.2 Å². The number of phenolic OH excluding ortho intramolecular Hbond substituents is 1. The second-order valence-electron chi connectivity index (χ2n) is 8.94. The highest BCUT2D eigenvalue weighted by Crippen LogP contribution is 2.33. The largest absolute Gasteiger partial charge is 0.508 e. The molecule has 0 aliphatic carbocycles. The summed E-state index contributed by atoms with van der Waals surface area (Å²) in [6.45, 7) is 3.59. The topological polar surface area (TPSA) is 157 Å². The molecular weight excluding hydrogens is 512 g/mol. The molecule has 0 bridgehead atoms. The van der Waals surface area contributed by atoms with Gasteiger partial charge in [0.1, 0.15) is 17.2 Å². The molecule has 4 aromatic rings. The van der Waals surface area contributed by atoms with Gasteiger partial charge in [0, 0.05) is 24.1 Å². The lowest BCUT2D eigenvalue weighted by molar-refractivity contribution is -0.645. The Morgan fingerprint density at radius 2 is 1.58 bits per heavy atom. The first-order chi connectivity index (χ1) is 17.9. The molecule has 0 fully saturated rings. The predicted molar refractivity (Wildman–Crippen MR) is 140 cm³/mol. The number of hydrogen-bond donors (Lipinski definition) is 3. The molecule has 0 radical (unpaired) electrons. The first-order valence-electron chi connectivity index (χ1n) is 11.6. The molecule has 0 aliphatic rings. The number of aryl methyl sites for hydroxylation is 3. The van der Waals surface area contributed by atoms with E-state index in [1.54, 1.807) is 38.1 Å². The van der Waals surface area contributed by atoms with Crippen molar-refractivity contribution in [3.05, 3.63) is 70.8 Å². The summed E-state index contributed by atoms with van der Waals surface area (Å²) in [6, 6.07) is 12.7. The number of benzene rings is 3. The van der Waals surface area contributed by atoms with Crippen LogP contribution in [0.1, 0.15) is 38.3 Å². The van der Waals surface area contributed by atoms with E-state index in [1.165, 1.54) is 31.4 Å². The zero-order valence-electron chi connectivity index (χ0n) is 21.0. The highest BCUT2D eigenvalue weighted by atomic mass is 32.2. The van der Waals surface area contributed by atoms with Crippen LogP contribution >= 0.6 is 0 Å². The molecule has 10 nitrogen and oxygen atoms in total. The molecule has 1 heterocycles. The number of carbonyl (C=O) groups is 2. The van der Waals surface area contributed by atoms with Crippen LogP contribution in [0.4, 0.5) is 0 Å². The zero-order chi connectivity index (χ0) is 27.8. The van der Waals surface area contributed by atoms with Gasteiger partial charge < -0.3 is 20.3 Å². The number of primary amides is 1. The molecule has 4 rings (SSSR count).